The zero-order chi connectivity index (χ0) is 15.6. The molecule has 4 rings (SSSR count). The Morgan fingerprint density at radius 3 is 2.78 bits per heavy atom. The summed E-state index contributed by atoms with van der Waals surface area (Å²) >= 11 is 0. The summed E-state index contributed by atoms with van der Waals surface area (Å²) in [6.07, 6.45) is 5.83. The molecule has 5 nitrogen and oxygen atoms in total. The van der Waals surface area contributed by atoms with Gasteiger partial charge in [-0.2, -0.15) is 0 Å². The van der Waals surface area contributed by atoms with Crippen molar-refractivity contribution in [2.45, 2.75) is 12.5 Å². The maximum atomic E-state index is 6.02. The molecule has 0 radical (unpaired) electrons. The predicted octanol–water partition coefficient (Wildman–Crippen LogP) is 1.90. The number of benzene rings is 1. The number of nitrogens with zero attached hydrogens (tertiary/aromatic N) is 4. The molecular formula is C18H21N5. The molecule has 3 aromatic rings. The van der Waals surface area contributed by atoms with E-state index in [1.54, 1.807) is 6.20 Å². The van der Waals surface area contributed by atoms with Crippen LogP contribution in [-0.4, -0.2) is 38.9 Å². The molecule has 1 aromatic carbocycles. The van der Waals surface area contributed by atoms with E-state index in [4.69, 9.17) is 5.73 Å². The normalized spacial score (nSPS) is 22.0. The molecule has 23 heavy (non-hydrogen) atoms. The second-order valence-electron chi connectivity index (χ2n) is 6.27. The molecule has 0 unspecified atom stereocenters. The average Bonchev–Trinajstić information content (AvgIpc) is 3.19. The van der Waals surface area contributed by atoms with Crippen LogP contribution in [0.15, 0.2) is 55.0 Å². The van der Waals surface area contributed by atoms with Crippen LogP contribution in [0, 0.1) is 5.92 Å². The summed E-state index contributed by atoms with van der Waals surface area (Å²) < 4.78 is 1.97. The molecule has 1 fully saturated rings. The lowest BCUT2D eigenvalue weighted by atomic mass is 9.89. The van der Waals surface area contributed by atoms with Crippen molar-refractivity contribution in [3.8, 4) is 0 Å². The molecule has 0 bridgehead atoms. The number of hydrogen-bond acceptors (Lipinski definition) is 4. The third-order valence-corrected chi connectivity index (χ3v) is 4.72. The van der Waals surface area contributed by atoms with Crippen molar-refractivity contribution in [3.05, 3.63) is 66.2 Å². The minimum absolute atomic E-state index is 0.507. The Bertz CT molecular complexity index is 749. The molecule has 0 spiro atoms. The number of hydrogen-bond donors (Lipinski definition) is 1. The van der Waals surface area contributed by atoms with E-state index < -0.39 is 0 Å². The Hall–Kier alpha value is -2.24. The molecule has 2 N–H and O–H groups in total. The summed E-state index contributed by atoms with van der Waals surface area (Å²) in [5.74, 6) is 1.78. The van der Waals surface area contributed by atoms with Crippen LogP contribution < -0.4 is 5.73 Å². The predicted molar refractivity (Wildman–Crippen MR) is 90.0 cm³/mol. The van der Waals surface area contributed by atoms with E-state index in [9.17, 15) is 0 Å². The number of fused-ring (bicyclic) bond motifs is 1. The average molecular weight is 307 g/mol. The summed E-state index contributed by atoms with van der Waals surface area (Å²) in [7, 11) is 0. The molecule has 0 aliphatic carbocycles. The van der Waals surface area contributed by atoms with E-state index in [2.05, 4.69) is 51.4 Å². The maximum absolute atomic E-state index is 6.02. The second kappa shape index (κ2) is 6.10. The monoisotopic (exact) mass is 307 g/mol. The Labute approximate surface area is 135 Å². The van der Waals surface area contributed by atoms with Crippen molar-refractivity contribution in [3.63, 3.8) is 0 Å². The van der Waals surface area contributed by atoms with Gasteiger partial charge in [0.25, 0.3) is 0 Å². The van der Waals surface area contributed by atoms with Gasteiger partial charge in [0.2, 0.25) is 5.78 Å². The van der Waals surface area contributed by atoms with Crippen LogP contribution in [-0.2, 0) is 6.54 Å². The van der Waals surface area contributed by atoms with Gasteiger partial charge in [-0.25, -0.2) is 9.97 Å². The molecule has 1 saturated heterocycles. The number of imidazole rings is 1. The Kier molecular flexibility index (Phi) is 3.81. The third-order valence-electron chi connectivity index (χ3n) is 4.72. The summed E-state index contributed by atoms with van der Waals surface area (Å²) in [5, 5.41) is 0. The van der Waals surface area contributed by atoms with E-state index in [1.807, 2.05) is 16.7 Å². The fourth-order valence-corrected chi connectivity index (χ4v) is 3.59. The van der Waals surface area contributed by atoms with Crippen LogP contribution in [0.5, 0.6) is 0 Å². The fourth-order valence-electron chi connectivity index (χ4n) is 3.59. The molecule has 0 amide bonds. The first-order valence-corrected chi connectivity index (χ1v) is 8.09. The highest BCUT2D eigenvalue weighted by Gasteiger charge is 2.32. The second-order valence-corrected chi connectivity index (χ2v) is 6.27. The zero-order valence-corrected chi connectivity index (χ0v) is 13.0. The van der Waals surface area contributed by atoms with Gasteiger partial charge in [0.15, 0.2) is 0 Å². The molecular weight excluding hydrogens is 286 g/mol. The van der Waals surface area contributed by atoms with Crippen LogP contribution >= 0.6 is 0 Å². The Morgan fingerprint density at radius 1 is 1.13 bits per heavy atom. The van der Waals surface area contributed by atoms with E-state index in [1.165, 1.54) is 5.56 Å². The quantitative estimate of drug-likeness (QED) is 0.800. The Balaban J connectivity index is 1.52. The smallest absolute Gasteiger partial charge is 0.233 e. The van der Waals surface area contributed by atoms with Crippen molar-refractivity contribution in [1.82, 2.24) is 19.3 Å². The van der Waals surface area contributed by atoms with Crippen molar-refractivity contribution < 1.29 is 0 Å². The summed E-state index contributed by atoms with van der Waals surface area (Å²) in [6, 6.07) is 12.6. The van der Waals surface area contributed by atoms with E-state index >= 15 is 0 Å². The van der Waals surface area contributed by atoms with Gasteiger partial charge in [0, 0.05) is 44.1 Å². The van der Waals surface area contributed by atoms with Gasteiger partial charge in [0.1, 0.15) is 0 Å². The van der Waals surface area contributed by atoms with Crippen molar-refractivity contribution >= 4 is 5.78 Å². The molecule has 2 atom stereocenters. The zero-order valence-electron chi connectivity index (χ0n) is 13.0. The third kappa shape index (κ3) is 2.85. The number of likely N-dealkylation sites (tertiary alicyclic amines) is 1. The first kappa shape index (κ1) is 14.4. The minimum Gasteiger partial charge on any atom is -0.330 e. The van der Waals surface area contributed by atoms with Crippen molar-refractivity contribution in [1.29, 1.82) is 0 Å². The van der Waals surface area contributed by atoms with Gasteiger partial charge in [-0.15, -0.1) is 0 Å². The largest absolute Gasteiger partial charge is 0.330 e. The standard InChI is InChI=1S/C18H21N5/c19-9-15-10-22(13-17(15)14-5-2-1-3-6-14)11-16-12-23-8-4-7-20-18(23)21-16/h1-8,12,15,17H,9-11,13,19H2/t15-,17+/m1/s1. The molecule has 3 heterocycles. The lowest BCUT2D eigenvalue weighted by Gasteiger charge is -2.16. The molecule has 0 saturated carbocycles. The highest BCUT2D eigenvalue weighted by molar-refractivity contribution is 5.30. The van der Waals surface area contributed by atoms with Gasteiger partial charge in [-0.05, 0) is 24.1 Å². The number of nitrogens with two attached hydrogens (primary N) is 1. The summed E-state index contributed by atoms with van der Waals surface area (Å²) in [5.41, 5.74) is 8.48. The minimum atomic E-state index is 0.507. The molecule has 1 aliphatic heterocycles. The Morgan fingerprint density at radius 2 is 2.00 bits per heavy atom. The van der Waals surface area contributed by atoms with Gasteiger partial charge in [0.05, 0.1) is 5.69 Å². The van der Waals surface area contributed by atoms with E-state index in [-0.39, 0.29) is 0 Å². The van der Waals surface area contributed by atoms with Crippen LogP contribution in [0.25, 0.3) is 5.78 Å². The summed E-state index contributed by atoms with van der Waals surface area (Å²) in [4.78, 5) is 11.3. The van der Waals surface area contributed by atoms with Crippen molar-refractivity contribution in [2.24, 2.45) is 11.7 Å². The topological polar surface area (TPSA) is 59.5 Å². The number of rotatable bonds is 4. The molecule has 1 aliphatic rings. The van der Waals surface area contributed by atoms with Gasteiger partial charge in [-0.3, -0.25) is 9.30 Å². The highest BCUT2D eigenvalue weighted by Crippen LogP contribution is 2.32. The van der Waals surface area contributed by atoms with E-state index in [0.29, 0.717) is 11.8 Å². The van der Waals surface area contributed by atoms with Gasteiger partial charge < -0.3 is 5.73 Å². The first-order chi connectivity index (χ1) is 11.3. The van der Waals surface area contributed by atoms with E-state index in [0.717, 1.165) is 37.7 Å². The van der Waals surface area contributed by atoms with Crippen molar-refractivity contribution in [2.75, 3.05) is 19.6 Å². The number of aromatic nitrogens is 3. The van der Waals surface area contributed by atoms with Crippen LogP contribution in [0.4, 0.5) is 0 Å². The lowest BCUT2D eigenvalue weighted by molar-refractivity contribution is 0.313. The van der Waals surface area contributed by atoms with Crippen LogP contribution in [0.1, 0.15) is 17.2 Å². The van der Waals surface area contributed by atoms with Crippen LogP contribution in [0.2, 0.25) is 0 Å². The first-order valence-electron chi connectivity index (χ1n) is 8.09. The van der Waals surface area contributed by atoms with Gasteiger partial charge in [-0.1, -0.05) is 30.3 Å². The molecule has 2 aromatic heterocycles. The highest BCUT2D eigenvalue weighted by atomic mass is 15.2. The maximum Gasteiger partial charge on any atom is 0.233 e. The fraction of sp³-hybridized carbons (Fsp3) is 0.333. The SMILES string of the molecule is NC[C@@H]1CN(Cc2cn3cccnc3n2)C[C@H]1c1ccccc1. The molecule has 5 heteroatoms. The van der Waals surface area contributed by atoms with Gasteiger partial charge >= 0.3 is 0 Å². The van der Waals surface area contributed by atoms with Crippen LogP contribution in [0.3, 0.4) is 0 Å². The lowest BCUT2D eigenvalue weighted by Crippen LogP contribution is -2.23. The summed E-state index contributed by atoms with van der Waals surface area (Å²) in [6.45, 7) is 3.64. The molecule has 118 valence electrons.